The maximum absolute atomic E-state index is 13.6. The largest absolute Gasteiger partial charge is 0.288 e. The highest BCUT2D eigenvalue weighted by atomic mass is 35.5. The monoisotopic (exact) mass is 502 g/mol. The summed E-state index contributed by atoms with van der Waals surface area (Å²) in [6.07, 6.45) is 1.93. The number of aromatic nitrogens is 3. The Bertz CT molecular complexity index is 1480. The molecule has 1 aliphatic heterocycles. The number of hydrogen-bond donors (Lipinski definition) is 0. The Morgan fingerprint density at radius 3 is 2.23 bits per heavy atom. The highest BCUT2D eigenvalue weighted by molar-refractivity contribution is 7.98. The number of benzene rings is 3. The molecule has 0 fully saturated rings. The molecule has 7 nitrogen and oxygen atoms in total. The van der Waals surface area contributed by atoms with Gasteiger partial charge in [0.05, 0.1) is 28.4 Å². The Hall–Kier alpha value is -3.75. The van der Waals surface area contributed by atoms with Crippen molar-refractivity contribution >= 4 is 41.0 Å². The Labute approximate surface area is 210 Å². The molecule has 0 atom stereocenters. The molecule has 35 heavy (non-hydrogen) atoms. The first kappa shape index (κ1) is 23.0. The van der Waals surface area contributed by atoms with Gasteiger partial charge in [-0.2, -0.15) is 0 Å². The standard InChI is InChI=1S/C26H19ClN4O3S/c1-15-28-29-23(14-30-25(33)17-7-3-4-8-18(17)26(30)34)31(15)22-12-11-16(35-2)13-20(22)24(32)19-9-5-6-10-21(19)27/h3-13H,14H2,1-2H3. The molecule has 3 aromatic carbocycles. The number of carbonyl (C=O) groups excluding carboxylic acids is 3. The van der Waals surface area contributed by atoms with Crippen LogP contribution in [-0.4, -0.2) is 43.5 Å². The van der Waals surface area contributed by atoms with Crippen molar-refractivity contribution in [1.29, 1.82) is 0 Å². The number of fused-ring (bicyclic) bond motifs is 1. The molecule has 1 aliphatic rings. The minimum Gasteiger partial charge on any atom is -0.288 e. The summed E-state index contributed by atoms with van der Waals surface area (Å²) in [4.78, 5) is 41.5. The van der Waals surface area contributed by atoms with Crippen LogP contribution in [0.15, 0.2) is 71.6 Å². The number of aryl methyl sites for hydroxylation is 1. The van der Waals surface area contributed by atoms with Crippen LogP contribution in [0.4, 0.5) is 0 Å². The van der Waals surface area contributed by atoms with Crippen LogP contribution in [0.1, 0.15) is 48.3 Å². The minimum atomic E-state index is -0.386. The number of ketones is 1. The van der Waals surface area contributed by atoms with E-state index in [0.29, 0.717) is 44.6 Å². The average molecular weight is 503 g/mol. The quantitative estimate of drug-likeness (QED) is 0.210. The van der Waals surface area contributed by atoms with Crippen molar-refractivity contribution in [3.63, 3.8) is 0 Å². The third-order valence-corrected chi connectivity index (χ3v) is 6.93. The number of halogens is 1. The first-order chi connectivity index (χ1) is 16.9. The van der Waals surface area contributed by atoms with Gasteiger partial charge in [-0.1, -0.05) is 35.9 Å². The van der Waals surface area contributed by atoms with Gasteiger partial charge in [-0.25, -0.2) is 0 Å². The molecule has 174 valence electrons. The van der Waals surface area contributed by atoms with Crippen LogP contribution in [0, 0.1) is 6.92 Å². The first-order valence-corrected chi connectivity index (χ1v) is 12.3. The molecule has 9 heteroatoms. The van der Waals surface area contributed by atoms with E-state index in [9.17, 15) is 14.4 Å². The zero-order chi connectivity index (χ0) is 24.7. The van der Waals surface area contributed by atoms with Crippen LogP contribution in [-0.2, 0) is 6.54 Å². The Morgan fingerprint density at radius 1 is 0.914 bits per heavy atom. The maximum atomic E-state index is 13.6. The van der Waals surface area contributed by atoms with Crippen molar-refractivity contribution in [3.8, 4) is 5.69 Å². The van der Waals surface area contributed by atoms with Crippen LogP contribution in [0.5, 0.6) is 0 Å². The Morgan fingerprint density at radius 2 is 1.57 bits per heavy atom. The fourth-order valence-electron chi connectivity index (χ4n) is 4.16. The van der Waals surface area contributed by atoms with Gasteiger partial charge < -0.3 is 0 Å². The average Bonchev–Trinajstić information content (AvgIpc) is 3.36. The van der Waals surface area contributed by atoms with E-state index in [4.69, 9.17) is 11.6 Å². The number of imide groups is 1. The molecular weight excluding hydrogens is 484 g/mol. The van der Waals surface area contributed by atoms with Gasteiger partial charge in [0.15, 0.2) is 11.6 Å². The van der Waals surface area contributed by atoms with Crippen molar-refractivity contribution < 1.29 is 14.4 Å². The molecular formula is C26H19ClN4O3S. The molecule has 2 amide bonds. The smallest absolute Gasteiger partial charge is 0.261 e. The topological polar surface area (TPSA) is 85.2 Å². The summed E-state index contributed by atoms with van der Waals surface area (Å²) in [5.74, 6) is -0.143. The zero-order valence-corrected chi connectivity index (χ0v) is 20.4. The van der Waals surface area contributed by atoms with E-state index in [1.807, 2.05) is 18.4 Å². The molecule has 0 bridgehead atoms. The molecule has 4 aromatic rings. The highest BCUT2D eigenvalue weighted by Crippen LogP contribution is 2.30. The minimum absolute atomic E-state index is 0.0861. The van der Waals surface area contributed by atoms with Crippen LogP contribution < -0.4 is 0 Å². The van der Waals surface area contributed by atoms with E-state index in [1.54, 1.807) is 66.1 Å². The third-order valence-electron chi connectivity index (χ3n) is 5.88. The second-order valence-electron chi connectivity index (χ2n) is 7.93. The van der Waals surface area contributed by atoms with Gasteiger partial charge in [-0.3, -0.25) is 23.9 Å². The predicted molar refractivity (Wildman–Crippen MR) is 133 cm³/mol. The van der Waals surface area contributed by atoms with Gasteiger partial charge in [0, 0.05) is 16.0 Å². The van der Waals surface area contributed by atoms with E-state index in [1.165, 1.54) is 11.8 Å². The maximum Gasteiger partial charge on any atom is 0.261 e. The summed E-state index contributed by atoms with van der Waals surface area (Å²) >= 11 is 7.84. The zero-order valence-electron chi connectivity index (χ0n) is 18.9. The summed E-state index contributed by atoms with van der Waals surface area (Å²) in [6, 6.07) is 19.1. The van der Waals surface area contributed by atoms with Crippen molar-refractivity contribution in [1.82, 2.24) is 19.7 Å². The fourth-order valence-corrected chi connectivity index (χ4v) is 4.82. The van der Waals surface area contributed by atoms with E-state index < -0.39 is 0 Å². The summed E-state index contributed by atoms with van der Waals surface area (Å²) in [6.45, 7) is 1.67. The van der Waals surface area contributed by atoms with Crippen LogP contribution in [0.25, 0.3) is 5.69 Å². The number of thioether (sulfide) groups is 1. The third kappa shape index (κ3) is 3.94. The van der Waals surface area contributed by atoms with Crippen molar-refractivity contribution in [2.45, 2.75) is 18.4 Å². The molecule has 1 aromatic heterocycles. The summed E-state index contributed by atoms with van der Waals surface area (Å²) in [5.41, 5.74) is 2.05. The van der Waals surface area contributed by atoms with E-state index >= 15 is 0 Å². The van der Waals surface area contributed by atoms with Crippen LogP contribution in [0.2, 0.25) is 5.02 Å². The lowest BCUT2D eigenvalue weighted by molar-refractivity contribution is 0.0637. The molecule has 0 N–H and O–H groups in total. The SMILES string of the molecule is CSc1ccc(-n2c(C)nnc2CN2C(=O)c3ccccc3C2=O)c(C(=O)c2ccccc2Cl)c1. The molecule has 0 radical (unpaired) electrons. The van der Waals surface area contributed by atoms with Crippen molar-refractivity contribution in [3.05, 3.63) is 106 Å². The van der Waals surface area contributed by atoms with Gasteiger partial charge in [0.2, 0.25) is 0 Å². The summed E-state index contributed by atoms with van der Waals surface area (Å²) < 4.78 is 1.71. The second kappa shape index (κ2) is 9.13. The molecule has 2 heterocycles. The van der Waals surface area contributed by atoms with Crippen molar-refractivity contribution in [2.24, 2.45) is 0 Å². The second-order valence-corrected chi connectivity index (χ2v) is 9.22. The Balaban J connectivity index is 1.59. The van der Waals surface area contributed by atoms with E-state index in [0.717, 1.165) is 9.80 Å². The highest BCUT2D eigenvalue weighted by Gasteiger charge is 2.36. The summed E-state index contributed by atoms with van der Waals surface area (Å²) in [5, 5.41) is 8.79. The number of rotatable bonds is 6. The lowest BCUT2D eigenvalue weighted by Crippen LogP contribution is -2.30. The van der Waals surface area contributed by atoms with E-state index in [-0.39, 0.29) is 24.1 Å². The van der Waals surface area contributed by atoms with Gasteiger partial charge >= 0.3 is 0 Å². The number of hydrogen-bond acceptors (Lipinski definition) is 6. The molecule has 0 saturated carbocycles. The fraction of sp³-hybridized carbons (Fsp3) is 0.115. The lowest BCUT2D eigenvalue weighted by atomic mass is 10.0. The van der Waals surface area contributed by atoms with Crippen molar-refractivity contribution in [2.75, 3.05) is 6.26 Å². The van der Waals surface area contributed by atoms with E-state index in [2.05, 4.69) is 10.2 Å². The van der Waals surface area contributed by atoms with Gasteiger partial charge in [0.25, 0.3) is 11.8 Å². The molecule has 0 spiro atoms. The number of amides is 2. The normalized spacial score (nSPS) is 12.8. The molecule has 5 rings (SSSR count). The Kier molecular flexibility index (Phi) is 6.00. The number of carbonyl (C=O) groups is 3. The molecule has 0 unspecified atom stereocenters. The van der Waals surface area contributed by atoms with Crippen LogP contribution in [0.3, 0.4) is 0 Å². The predicted octanol–water partition coefficient (Wildman–Crippen LogP) is 4.98. The lowest BCUT2D eigenvalue weighted by Gasteiger charge is -2.17. The summed E-state index contributed by atoms with van der Waals surface area (Å²) in [7, 11) is 0. The van der Waals surface area contributed by atoms with Crippen LogP contribution >= 0.6 is 23.4 Å². The number of nitrogens with zero attached hydrogens (tertiary/aromatic N) is 4. The van der Waals surface area contributed by atoms with Gasteiger partial charge in [-0.05, 0) is 55.6 Å². The molecule has 0 aliphatic carbocycles. The van der Waals surface area contributed by atoms with Gasteiger partial charge in [-0.15, -0.1) is 22.0 Å². The van der Waals surface area contributed by atoms with Gasteiger partial charge in [0.1, 0.15) is 5.82 Å². The molecule has 0 saturated heterocycles. The first-order valence-electron chi connectivity index (χ1n) is 10.7.